The minimum atomic E-state index is -3.84. The largest absolute Gasteiger partial charge is 0.363 e. The van der Waals surface area contributed by atoms with E-state index in [2.05, 4.69) is 16.0 Å². The number of sulfonamides is 1. The zero-order valence-electron chi connectivity index (χ0n) is 31.6. The number of amides is 5. The van der Waals surface area contributed by atoms with Gasteiger partial charge in [-0.25, -0.2) is 13.2 Å². The molecule has 1 aliphatic carbocycles. The van der Waals surface area contributed by atoms with Crippen molar-refractivity contribution in [1.29, 1.82) is 0 Å². The number of nitrogens with two attached hydrogens (primary N) is 1. The van der Waals surface area contributed by atoms with E-state index in [-0.39, 0.29) is 29.8 Å². The molecule has 13 nitrogen and oxygen atoms in total. The molecule has 1 aromatic carbocycles. The summed E-state index contributed by atoms with van der Waals surface area (Å²) in [6.07, 6.45) is 5.49. The molecule has 5 atom stereocenters. The number of allylic oxidation sites excluding steroid dienone is 1. The number of carbonyl (C=O) groups excluding carboxylic acids is 5. The van der Waals surface area contributed by atoms with Crippen molar-refractivity contribution < 1.29 is 32.4 Å². The third-order valence-corrected chi connectivity index (χ3v) is 11.7. The fourth-order valence-electron chi connectivity index (χ4n) is 6.53. The van der Waals surface area contributed by atoms with E-state index in [1.807, 2.05) is 40.7 Å². The molecule has 0 bridgehead atoms. The van der Waals surface area contributed by atoms with Crippen LogP contribution < -0.4 is 21.7 Å². The average molecular weight is 731 g/mol. The van der Waals surface area contributed by atoms with E-state index in [9.17, 15) is 32.4 Å². The van der Waals surface area contributed by atoms with Crippen molar-refractivity contribution in [2.75, 3.05) is 20.1 Å². The molecular formula is C37H58N6O7S. The number of primary amides is 1. The van der Waals surface area contributed by atoms with Gasteiger partial charge in [-0.15, -0.1) is 0 Å². The highest BCUT2D eigenvalue weighted by Gasteiger charge is 2.47. The first kappa shape index (κ1) is 41.6. The van der Waals surface area contributed by atoms with Crippen LogP contribution in [0.1, 0.15) is 87.5 Å². The third kappa shape index (κ3) is 10.9. The molecule has 2 fully saturated rings. The lowest BCUT2D eigenvalue weighted by Gasteiger charge is -2.38. The summed E-state index contributed by atoms with van der Waals surface area (Å²) in [4.78, 5) is 68.4. The van der Waals surface area contributed by atoms with Gasteiger partial charge in [-0.2, -0.15) is 4.31 Å². The smallest absolute Gasteiger partial charge is 0.315 e. The molecular weight excluding hydrogens is 673 g/mol. The molecule has 1 aliphatic heterocycles. The van der Waals surface area contributed by atoms with Crippen molar-refractivity contribution >= 4 is 39.6 Å². The molecule has 0 aromatic heterocycles. The summed E-state index contributed by atoms with van der Waals surface area (Å²) in [5.41, 5.74) is 4.92. The number of ketones is 1. The zero-order chi connectivity index (χ0) is 38.5. The summed E-state index contributed by atoms with van der Waals surface area (Å²) >= 11 is 0. The predicted octanol–water partition coefficient (Wildman–Crippen LogP) is 3.35. The summed E-state index contributed by atoms with van der Waals surface area (Å²) in [5, 5.41) is 8.51. The summed E-state index contributed by atoms with van der Waals surface area (Å²) in [5.74, 6) is -3.21. The first-order valence-corrected chi connectivity index (χ1v) is 19.2. The van der Waals surface area contributed by atoms with Gasteiger partial charge in [0, 0.05) is 32.1 Å². The number of rotatable bonds is 14. The second-order valence-corrected chi connectivity index (χ2v) is 18.5. The van der Waals surface area contributed by atoms with Crippen LogP contribution in [0.25, 0.3) is 0 Å². The fourth-order valence-corrected chi connectivity index (χ4v) is 7.74. The van der Waals surface area contributed by atoms with Crippen LogP contribution in [-0.4, -0.2) is 91.5 Å². The lowest BCUT2D eigenvalue weighted by molar-refractivity contribution is -0.144. The van der Waals surface area contributed by atoms with Crippen LogP contribution in [0.4, 0.5) is 4.79 Å². The molecule has 1 aromatic rings. The number of hydrogen-bond acceptors (Lipinski definition) is 7. The second-order valence-electron chi connectivity index (χ2n) is 16.4. The van der Waals surface area contributed by atoms with Crippen molar-refractivity contribution in [2.24, 2.45) is 28.4 Å². The van der Waals surface area contributed by atoms with Gasteiger partial charge in [0.2, 0.25) is 27.6 Å². The lowest BCUT2D eigenvalue weighted by Crippen LogP contribution is -2.62. The fraction of sp³-hybridized carbons (Fsp3) is 0.649. The Morgan fingerprint density at radius 1 is 0.941 bits per heavy atom. The maximum atomic E-state index is 14.4. The number of likely N-dealkylation sites (N-methyl/N-ethyl adjacent to an activating group) is 1. The van der Waals surface area contributed by atoms with E-state index in [0.717, 1.165) is 24.8 Å². The van der Waals surface area contributed by atoms with Gasteiger partial charge in [-0.1, -0.05) is 90.7 Å². The van der Waals surface area contributed by atoms with E-state index in [1.54, 1.807) is 39.0 Å². The van der Waals surface area contributed by atoms with Crippen molar-refractivity contribution in [2.45, 2.75) is 117 Å². The van der Waals surface area contributed by atoms with Crippen LogP contribution >= 0.6 is 0 Å². The van der Waals surface area contributed by atoms with Gasteiger partial charge in [0.15, 0.2) is 0 Å². The minimum Gasteiger partial charge on any atom is -0.363 e. The van der Waals surface area contributed by atoms with Gasteiger partial charge in [0.1, 0.15) is 12.1 Å². The normalized spacial score (nSPS) is 20.1. The molecule has 14 heteroatoms. The van der Waals surface area contributed by atoms with E-state index in [0.29, 0.717) is 12.8 Å². The van der Waals surface area contributed by atoms with Crippen molar-refractivity contribution in [3.8, 4) is 0 Å². The zero-order valence-corrected chi connectivity index (χ0v) is 32.4. The quantitative estimate of drug-likeness (QED) is 0.167. The van der Waals surface area contributed by atoms with Crippen LogP contribution in [0.3, 0.4) is 0 Å². The second kappa shape index (κ2) is 16.7. The van der Waals surface area contributed by atoms with Gasteiger partial charge in [0.25, 0.3) is 5.91 Å². The molecule has 1 heterocycles. The number of carbonyl (C=O) groups is 5. The van der Waals surface area contributed by atoms with Gasteiger partial charge in [0.05, 0.1) is 10.9 Å². The monoisotopic (exact) mass is 730 g/mol. The van der Waals surface area contributed by atoms with Gasteiger partial charge in [-0.3, -0.25) is 19.2 Å². The lowest BCUT2D eigenvalue weighted by atomic mass is 9.80. The molecule has 51 heavy (non-hydrogen) atoms. The minimum absolute atomic E-state index is 0.0346. The van der Waals surface area contributed by atoms with Gasteiger partial charge in [-0.05, 0) is 55.6 Å². The molecule has 1 unspecified atom stereocenters. The number of Topliss-reactive ketones (excluding diaryl/α,β-unsaturated/α-hetero) is 1. The topological polar surface area (TPSA) is 188 Å². The summed E-state index contributed by atoms with van der Waals surface area (Å²) in [7, 11) is -2.39. The Labute approximate surface area is 303 Å². The predicted molar refractivity (Wildman–Crippen MR) is 196 cm³/mol. The molecule has 0 radical (unpaired) electrons. The Morgan fingerprint density at radius 2 is 1.55 bits per heavy atom. The van der Waals surface area contributed by atoms with Crippen molar-refractivity contribution in [1.82, 2.24) is 25.2 Å². The van der Waals surface area contributed by atoms with E-state index in [4.69, 9.17) is 5.73 Å². The molecule has 5 N–H and O–H groups in total. The highest BCUT2D eigenvalue weighted by Crippen LogP contribution is 2.33. The molecule has 1 saturated heterocycles. The van der Waals surface area contributed by atoms with Crippen LogP contribution in [0, 0.1) is 22.7 Å². The van der Waals surface area contributed by atoms with E-state index < -0.39 is 74.6 Å². The average Bonchev–Trinajstić information content (AvgIpc) is 3.42. The summed E-state index contributed by atoms with van der Waals surface area (Å²) in [6.45, 7) is 15.0. The number of benzene rings is 1. The molecule has 3 rings (SSSR count). The molecule has 284 valence electrons. The number of likely N-dealkylation sites (tertiary alicyclic amines) is 1. The Balaban J connectivity index is 1.86. The number of urea groups is 1. The first-order chi connectivity index (χ1) is 23.5. The third-order valence-electron chi connectivity index (χ3n) is 9.84. The highest BCUT2D eigenvalue weighted by atomic mass is 32.2. The molecule has 5 amide bonds. The van der Waals surface area contributed by atoms with Gasteiger partial charge < -0.3 is 26.6 Å². The molecule has 0 spiro atoms. The Morgan fingerprint density at radius 3 is 2.04 bits per heavy atom. The summed E-state index contributed by atoms with van der Waals surface area (Å²) < 4.78 is 27.8. The Bertz CT molecular complexity index is 1570. The first-order valence-electron chi connectivity index (χ1n) is 17.7. The van der Waals surface area contributed by atoms with Crippen LogP contribution in [0.5, 0.6) is 0 Å². The molecule has 1 saturated carbocycles. The Hall–Kier alpha value is -3.78. The highest BCUT2D eigenvalue weighted by molar-refractivity contribution is 7.89. The van der Waals surface area contributed by atoms with E-state index in [1.165, 1.54) is 28.4 Å². The number of nitrogens with one attached hydrogen (secondary N) is 3. The standard InChI is InChI=1S/C37H58N6O7S/c1-23(2)20-25-18-19-43(29(25)33(46)39-27(30(44)32(38)45)21-24-14-13-15-24)34(47)31(37(6,7)8)41-35(48)40-28(36(3,4)5)22-42(9)51(49,50)26-16-11-10-12-17-26/h10-12,16-17,20,24-25,27-29,31H,13-15,18-19,21-22H2,1-9H3,(H2,38,45)(H,39,46)(H2,40,41,48)/t25-,27?,28-,29+,31-/m1/s1. The van der Waals surface area contributed by atoms with Gasteiger partial charge >= 0.3 is 6.03 Å². The van der Waals surface area contributed by atoms with Crippen LogP contribution in [0.2, 0.25) is 0 Å². The maximum absolute atomic E-state index is 14.4. The number of nitrogens with zero attached hydrogens (tertiary/aromatic N) is 2. The summed E-state index contributed by atoms with van der Waals surface area (Å²) in [6, 6.07) is 3.54. The van der Waals surface area contributed by atoms with Crippen LogP contribution in [0.15, 0.2) is 46.9 Å². The van der Waals surface area contributed by atoms with Crippen molar-refractivity contribution in [3.05, 3.63) is 42.0 Å². The maximum Gasteiger partial charge on any atom is 0.315 e. The van der Waals surface area contributed by atoms with E-state index >= 15 is 0 Å². The number of hydrogen-bond donors (Lipinski definition) is 4. The van der Waals surface area contributed by atoms with Crippen molar-refractivity contribution in [3.63, 3.8) is 0 Å². The van der Waals surface area contributed by atoms with Crippen LogP contribution in [-0.2, 0) is 29.2 Å². The SMILES string of the molecule is CC(C)=C[C@H]1CCN(C(=O)[C@@H](NC(=O)N[C@H](CN(C)S(=O)(=O)c2ccccc2)C(C)(C)C)C(C)(C)C)[C@@H]1C(=O)NC(CC1CCC1)C(=O)C(N)=O. The Kier molecular flexibility index (Phi) is 13.6. The molecule has 2 aliphatic rings.